The lowest BCUT2D eigenvalue weighted by Crippen LogP contribution is -2.30. The van der Waals surface area contributed by atoms with Crippen molar-refractivity contribution >= 4 is 18.0 Å². The lowest BCUT2D eigenvalue weighted by Gasteiger charge is -2.15. The van der Waals surface area contributed by atoms with Crippen LogP contribution in [0.2, 0.25) is 0 Å². The third-order valence-electron chi connectivity index (χ3n) is 6.11. The second kappa shape index (κ2) is 11.5. The monoisotopic (exact) mass is 452 g/mol. The highest BCUT2D eigenvalue weighted by Crippen LogP contribution is 2.44. The average molecular weight is 453 g/mol. The van der Waals surface area contributed by atoms with Crippen molar-refractivity contribution in [1.82, 2.24) is 10.6 Å². The van der Waals surface area contributed by atoms with Gasteiger partial charge in [-0.3, -0.25) is 9.59 Å². The summed E-state index contributed by atoms with van der Waals surface area (Å²) in [5.74, 6) is -1.35. The standard InChI is InChI=1S/C26H32N2O5/c1-17(15-24(29)27-14-12-18(2)25(30)31)11-13-28-26(32)33-16-23-21-9-5-3-7-19(21)20-8-4-6-10-22(20)23/h3-10,17-18,23H,11-16H2,1-2H3,(H,27,29)(H,28,32)(H,30,31). The zero-order valence-electron chi connectivity index (χ0n) is 19.2. The smallest absolute Gasteiger partial charge is 0.407 e. The Morgan fingerprint density at radius 2 is 1.48 bits per heavy atom. The Hall–Kier alpha value is -3.35. The molecule has 33 heavy (non-hydrogen) atoms. The van der Waals surface area contributed by atoms with E-state index in [1.54, 1.807) is 6.92 Å². The Kier molecular flexibility index (Phi) is 8.46. The Morgan fingerprint density at radius 1 is 0.909 bits per heavy atom. The predicted octanol–water partition coefficient (Wildman–Crippen LogP) is 4.17. The average Bonchev–Trinajstić information content (AvgIpc) is 3.11. The maximum atomic E-state index is 12.2. The topological polar surface area (TPSA) is 105 Å². The molecule has 0 heterocycles. The van der Waals surface area contributed by atoms with Gasteiger partial charge >= 0.3 is 12.1 Å². The summed E-state index contributed by atoms with van der Waals surface area (Å²) in [5, 5.41) is 14.4. The number of carbonyl (C=O) groups is 3. The summed E-state index contributed by atoms with van der Waals surface area (Å²) in [7, 11) is 0. The Balaban J connectivity index is 1.37. The van der Waals surface area contributed by atoms with E-state index in [4.69, 9.17) is 9.84 Å². The fraction of sp³-hybridized carbons (Fsp3) is 0.423. The van der Waals surface area contributed by atoms with E-state index in [2.05, 4.69) is 34.9 Å². The number of hydrogen-bond acceptors (Lipinski definition) is 4. The molecule has 176 valence electrons. The van der Waals surface area contributed by atoms with Crippen LogP contribution in [-0.4, -0.2) is 42.8 Å². The van der Waals surface area contributed by atoms with Crippen molar-refractivity contribution in [3.05, 3.63) is 59.7 Å². The van der Waals surface area contributed by atoms with Gasteiger partial charge < -0.3 is 20.5 Å². The molecule has 2 atom stereocenters. The van der Waals surface area contributed by atoms with Gasteiger partial charge in [0.25, 0.3) is 0 Å². The normalized spacial score (nSPS) is 14.0. The van der Waals surface area contributed by atoms with Crippen LogP contribution in [0.4, 0.5) is 4.79 Å². The van der Waals surface area contributed by atoms with Gasteiger partial charge in [0.15, 0.2) is 0 Å². The van der Waals surface area contributed by atoms with Gasteiger partial charge in [0.1, 0.15) is 6.61 Å². The summed E-state index contributed by atoms with van der Waals surface area (Å²) >= 11 is 0. The predicted molar refractivity (Wildman–Crippen MR) is 126 cm³/mol. The van der Waals surface area contributed by atoms with Crippen LogP contribution in [0.25, 0.3) is 11.1 Å². The first kappa shape index (κ1) is 24.3. The molecule has 0 saturated carbocycles. The summed E-state index contributed by atoms with van der Waals surface area (Å²) in [4.78, 5) is 35.0. The molecule has 0 fully saturated rings. The number of rotatable bonds is 11. The lowest BCUT2D eigenvalue weighted by molar-refractivity contribution is -0.141. The highest BCUT2D eigenvalue weighted by atomic mass is 16.5. The molecule has 2 aromatic rings. The number of carboxylic acids is 1. The minimum absolute atomic E-state index is 0.0228. The minimum atomic E-state index is -0.864. The van der Waals surface area contributed by atoms with E-state index in [0.29, 0.717) is 32.4 Å². The quantitative estimate of drug-likeness (QED) is 0.475. The molecule has 0 aliphatic heterocycles. The summed E-state index contributed by atoms with van der Waals surface area (Å²) in [6.07, 6.45) is 0.909. The summed E-state index contributed by atoms with van der Waals surface area (Å²) < 4.78 is 5.52. The van der Waals surface area contributed by atoms with E-state index in [-0.39, 0.29) is 24.3 Å². The number of ether oxygens (including phenoxy) is 1. The van der Waals surface area contributed by atoms with Gasteiger partial charge in [-0.05, 0) is 41.0 Å². The van der Waals surface area contributed by atoms with Crippen LogP contribution >= 0.6 is 0 Å². The minimum Gasteiger partial charge on any atom is -0.481 e. The van der Waals surface area contributed by atoms with E-state index < -0.39 is 18.0 Å². The molecule has 0 radical (unpaired) electrons. The van der Waals surface area contributed by atoms with Crippen LogP contribution in [0.1, 0.15) is 50.2 Å². The summed E-state index contributed by atoms with van der Waals surface area (Å²) in [6.45, 7) is 4.59. The third-order valence-corrected chi connectivity index (χ3v) is 6.11. The van der Waals surface area contributed by atoms with Gasteiger partial charge in [-0.1, -0.05) is 62.4 Å². The number of carboxylic acid groups (broad SMARTS) is 1. The van der Waals surface area contributed by atoms with Gasteiger partial charge in [-0.2, -0.15) is 0 Å². The number of amides is 2. The van der Waals surface area contributed by atoms with Crippen LogP contribution in [0.5, 0.6) is 0 Å². The molecule has 0 aromatic heterocycles. The van der Waals surface area contributed by atoms with E-state index in [1.165, 1.54) is 22.3 Å². The lowest BCUT2D eigenvalue weighted by atomic mass is 9.98. The van der Waals surface area contributed by atoms with Crippen LogP contribution in [0.15, 0.2) is 48.5 Å². The van der Waals surface area contributed by atoms with E-state index in [1.807, 2.05) is 31.2 Å². The van der Waals surface area contributed by atoms with Gasteiger partial charge in [0.2, 0.25) is 5.91 Å². The highest BCUT2D eigenvalue weighted by Gasteiger charge is 2.28. The van der Waals surface area contributed by atoms with Crippen molar-refractivity contribution in [2.45, 2.75) is 39.0 Å². The fourth-order valence-corrected chi connectivity index (χ4v) is 4.11. The van der Waals surface area contributed by atoms with E-state index in [0.717, 1.165) is 0 Å². The van der Waals surface area contributed by atoms with Crippen molar-refractivity contribution in [2.24, 2.45) is 11.8 Å². The molecule has 2 unspecified atom stereocenters. The maximum absolute atomic E-state index is 12.2. The molecule has 7 heteroatoms. The van der Waals surface area contributed by atoms with E-state index in [9.17, 15) is 14.4 Å². The summed E-state index contributed by atoms with van der Waals surface area (Å²) in [6, 6.07) is 16.4. The van der Waals surface area contributed by atoms with Crippen LogP contribution in [-0.2, 0) is 14.3 Å². The molecule has 3 rings (SSSR count). The maximum Gasteiger partial charge on any atom is 0.407 e. The zero-order chi connectivity index (χ0) is 23.8. The first-order valence-corrected chi connectivity index (χ1v) is 11.4. The zero-order valence-corrected chi connectivity index (χ0v) is 19.2. The number of alkyl carbamates (subject to hydrolysis) is 1. The van der Waals surface area contributed by atoms with Gasteiger partial charge in [-0.25, -0.2) is 4.79 Å². The Morgan fingerprint density at radius 3 is 2.09 bits per heavy atom. The highest BCUT2D eigenvalue weighted by molar-refractivity contribution is 5.79. The molecule has 1 aliphatic carbocycles. The molecular weight excluding hydrogens is 420 g/mol. The van der Waals surface area contributed by atoms with Crippen molar-refractivity contribution in [2.75, 3.05) is 19.7 Å². The number of carbonyl (C=O) groups excluding carboxylic acids is 2. The second-order valence-corrected chi connectivity index (χ2v) is 8.73. The Labute approximate surface area is 194 Å². The number of nitrogens with one attached hydrogen (secondary N) is 2. The van der Waals surface area contributed by atoms with Crippen molar-refractivity contribution in [1.29, 1.82) is 0 Å². The number of aliphatic carboxylic acids is 1. The molecule has 2 aromatic carbocycles. The summed E-state index contributed by atoms with van der Waals surface area (Å²) in [5.41, 5.74) is 4.71. The molecule has 0 spiro atoms. The van der Waals surface area contributed by atoms with Crippen LogP contribution in [0.3, 0.4) is 0 Å². The SMILES string of the molecule is CC(CCNC(=O)OCC1c2ccccc2-c2ccccc21)CC(=O)NCCC(C)C(=O)O. The fourth-order valence-electron chi connectivity index (χ4n) is 4.11. The second-order valence-electron chi connectivity index (χ2n) is 8.73. The van der Waals surface area contributed by atoms with Crippen LogP contribution < -0.4 is 10.6 Å². The molecule has 1 aliphatic rings. The molecular formula is C26H32N2O5. The molecule has 3 N–H and O–H groups in total. The van der Waals surface area contributed by atoms with E-state index >= 15 is 0 Å². The Bertz CT molecular complexity index is 945. The first-order valence-electron chi connectivity index (χ1n) is 11.4. The molecule has 0 bridgehead atoms. The van der Waals surface area contributed by atoms with Gasteiger partial charge in [0.05, 0.1) is 5.92 Å². The number of hydrogen-bond donors (Lipinski definition) is 3. The third kappa shape index (κ3) is 6.57. The van der Waals surface area contributed by atoms with Crippen molar-refractivity contribution < 1.29 is 24.2 Å². The largest absolute Gasteiger partial charge is 0.481 e. The van der Waals surface area contributed by atoms with Gasteiger partial charge in [-0.15, -0.1) is 0 Å². The van der Waals surface area contributed by atoms with Crippen LogP contribution in [0, 0.1) is 11.8 Å². The number of benzene rings is 2. The first-order chi connectivity index (χ1) is 15.9. The molecule has 2 amide bonds. The van der Waals surface area contributed by atoms with Crippen molar-refractivity contribution in [3.63, 3.8) is 0 Å². The molecule has 7 nitrogen and oxygen atoms in total. The van der Waals surface area contributed by atoms with Crippen molar-refractivity contribution in [3.8, 4) is 11.1 Å². The molecule has 0 saturated heterocycles. The van der Waals surface area contributed by atoms with Gasteiger partial charge in [0, 0.05) is 25.4 Å². The number of fused-ring (bicyclic) bond motifs is 3.